The summed E-state index contributed by atoms with van der Waals surface area (Å²) < 4.78 is 26.4. The number of nitrogens with zero attached hydrogens (tertiary/aromatic N) is 3. The number of aromatic nitrogens is 2. The summed E-state index contributed by atoms with van der Waals surface area (Å²) in [4.78, 5) is 17.4. The van der Waals surface area contributed by atoms with Gasteiger partial charge in [0.1, 0.15) is 4.83 Å². The summed E-state index contributed by atoms with van der Waals surface area (Å²) in [5.41, 5.74) is -0.0438. The molecule has 1 fully saturated rings. The van der Waals surface area contributed by atoms with Crippen molar-refractivity contribution in [3.05, 3.63) is 28.1 Å². The molecule has 1 saturated heterocycles. The van der Waals surface area contributed by atoms with E-state index in [0.29, 0.717) is 25.0 Å². The molecule has 0 radical (unpaired) electrons. The van der Waals surface area contributed by atoms with Crippen LogP contribution in [0.1, 0.15) is 12.8 Å². The van der Waals surface area contributed by atoms with E-state index < -0.39 is 10.0 Å². The van der Waals surface area contributed by atoms with Crippen LogP contribution in [-0.2, 0) is 16.6 Å². The molecule has 3 rings (SSSR count). The molecule has 2 aromatic heterocycles. The van der Waals surface area contributed by atoms with Gasteiger partial charge in [-0.2, -0.15) is 0 Å². The quantitative estimate of drug-likeness (QED) is 0.847. The van der Waals surface area contributed by atoms with Gasteiger partial charge in [-0.25, -0.2) is 17.7 Å². The van der Waals surface area contributed by atoms with Crippen LogP contribution in [0.15, 0.2) is 22.6 Å². The Morgan fingerprint density at radius 2 is 2.29 bits per heavy atom. The molecule has 6 nitrogen and oxygen atoms in total. The van der Waals surface area contributed by atoms with E-state index in [1.165, 1.54) is 21.9 Å². The summed E-state index contributed by atoms with van der Waals surface area (Å²) in [7, 11) is -3.15. The van der Waals surface area contributed by atoms with E-state index in [-0.39, 0.29) is 11.5 Å². The Hall–Kier alpha value is -1.25. The summed E-state index contributed by atoms with van der Waals surface area (Å²) in [6, 6.07) is 1.79. The molecule has 1 aliphatic rings. The van der Waals surface area contributed by atoms with Crippen LogP contribution in [0.3, 0.4) is 0 Å². The van der Waals surface area contributed by atoms with Crippen molar-refractivity contribution < 1.29 is 8.42 Å². The molecule has 8 heteroatoms. The molecule has 1 aliphatic heterocycles. The van der Waals surface area contributed by atoms with E-state index in [1.807, 2.05) is 5.38 Å². The first-order chi connectivity index (χ1) is 9.95. The smallest absolute Gasteiger partial charge is 0.262 e. The van der Waals surface area contributed by atoms with E-state index in [9.17, 15) is 13.2 Å². The molecule has 1 unspecified atom stereocenters. The molecule has 0 amide bonds. The summed E-state index contributed by atoms with van der Waals surface area (Å²) >= 11 is 1.45. The van der Waals surface area contributed by atoms with Crippen LogP contribution in [0.25, 0.3) is 10.2 Å². The number of piperidine rings is 1. The normalized spacial score (nSPS) is 20.9. The zero-order chi connectivity index (χ0) is 15.0. The van der Waals surface area contributed by atoms with E-state index >= 15 is 0 Å². The maximum Gasteiger partial charge on any atom is 0.262 e. The maximum absolute atomic E-state index is 12.3. The number of fused-ring (bicyclic) bond motifs is 1. The second kappa shape index (κ2) is 5.51. The number of rotatable bonds is 3. The van der Waals surface area contributed by atoms with Gasteiger partial charge in [0.2, 0.25) is 10.0 Å². The van der Waals surface area contributed by atoms with Crippen molar-refractivity contribution in [3.8, 4) is 0 Å². The minimum atomic E-state index is -3.15. The lowest BCUT2D eigenvalue weighted by atomic mass is 10.00. The third-order valence-corrected chi connectivity index (χ3v) is 5.95. The van der Waals surface area contributed by atoms with E-state index in [0.717, 1.165) is 17.7 Å². The van der Waals surface area contributed by atoms with Gasteiger partial charge in [0.25, 0.3) is 5.56 Å². The Labute approximate surface area is 127 Å². The number of thiophene rings is 1. The van der Waals surface area contributed by atoms with Crippen molar-refractivity contribution in [1.82, 2.24) is 13.9 Å². The third kappa shape index (κ3) is 3.02. The standard InChI is InChI=1S/C13H17N3O3S2/c1-21(18,19)16-5-2-3-10(8-16)7-15-9-14-12-11(13(15)17)4-6-20-12/h4,6,9-10H,2-3,5,7-8H2,1H3. The molecule has 0 aromatic carbocycles. The number of sulfonamides is 1. The van der Waals surface area contributed by atoms with Crippen LogP contribution >= 0.6 is 11.3 Å². The predicted octanol–water partition coefficient (Wildman–Crippen LogP) is 1.13. The van der Waals surface area contributed by atoms with Crippen molar-refractivity contribution in [2.75, 3.05) is 19.3 Å². The highest BCUT2D eigenvalue weighted by molar-refractivity contribution is 7.88. The fourth-order valence-corrected chi connectivity index (χ4v) is 4.44. The Morgan fingerprint density at radius 3 is 3.05 bits per heavy atom. The summed E-state index contributed by atoms with van der Waals surface area (Å²) in [5, 5.41) is 2.49. The summed E-state index contributed by atoms with van der Waals surface area (Å²) in [6.45, 7) is 1.57. The van der Waals surface area contributed by atoms with Crippen molar-refractivity contribution in [3.63, 3.8) is 0 Å². The summed E-state index contributed by atoms with van der Waals surface area (Å²) in [5.74, 6) is 0.157. The molecule has 21 heavy (non-hydrogen) atoms. The van der Waals surface area contributed by atoms with Gasteiger partial charge < -0.3 is 0 Å². The van der Waals surface area contributed by atoms with Crippen molar-refractivity contribution in [1.29, 1.82) is 0 Å². The Kier molecular flexibility index (Phi) is 3.85. The lowest BCUT2D eigenvalue weighted by molar-refractivity contribution is 0.244. The van der Waals surface area contributed by atoms with E-state index in [1.54, 1.807) is 17.0 Å². The van der Waals surface area contributed by atoms with Crippen LogP contribution in [0.2, 0.25) is 0 Å². The second-order valence-corrected chi connectivity index (χ2v) is 8.35. The van der Waals surface area contributed by atoms with Gasteiger partial charge in [0.15, 0.2) is 0 Å². The van der Waals surface area contributed by atoms with Gasteiger partial charge in [0, 0.05) is 19.6 Å². The monoisotopic (exact) mass is 327 g/mol. The van der Waals surface area contributed by atoms with Gasteiger partial charge in [-0.1, -0.05) is 0 Å². The molecule has 0 aliphatic carbocycles. The SMILES string of the molecule is CS(=O)(=O)N1CCCC(Cn2cnc3sccc3c2=O)C1. The molecule has 0 saturated carbocycles. The van der Waals surface area contributed by atoms with Crippen LogP contribution in [0, 0.1) is 5.92 Å². The Balaban J connectivity index is 1.82. The molecular formula is C13H17N3O3S2. The highest BCUT2D eigenvalue weighted by Crippen LogP contribution is 2.20. The minimum absolute atomic E-state index is 0.0438. The molecule has 2 aromatic rings. The van der Waals surface area contributed by atoms with Crippen molar-refractivity contribution in [2.45, 2.75) is 19.4 Å². The first-order valence-electron chi connectivity index (χ1n) is 6.83. The first-order valence-corrected chi connectivity index (χ1v) is 9.56. The van der Waals surface area contributed by atoms with Crippen LogP contribution in [0.4, 0.5) is 0 Å². The average molecular weight is 327 g/mol. The average Bonchev–Trinajstić information content (AvgIpc) is 2.91. The lowest BCUT2D eigenvalue weighted by Gasteiger charge is -2.31. The fraction of sp³-hybridized carbons (Fsp3) is 0.538. The largest absolute Gasteiger partial charge is 0.298 e. The van der Waals surface area contributed by atoms with Gasteiger partial charge in [0.05, 0.1) is 18.0 Å². The Morgan fingerprint density at radius 1 is 1.48 bits per heavy atom. The molecule has 114 valence electrons. The van der Waals surface area contributed by atoms with Crippen LogP contribution in [0.5, 0.6) is 0 Å². The zero-order valence-corrected chi connectivity index (χ0v) is 13.4. The van der Waals surface area contributed by atoms with Crippen molar-refractivity contribution >= 4 is 31.6 Å². The molecule has 0 N–H and O–H groups in total. The van der Waals surface area contributed by atoms with Gasteiger partial charge in [-0.05, 0) is 30.2 Å². The van der Waals surface area contributed by atoms with Gasteiger partial charge >= 0.3 is 0 Å². The summed E-state index contributed by atoms with van der Waals surface area (Å²) in [6.07, 6.45) is 4.57. The molecule has 0 spiro atoms. The van der Waals surface area contributed by atoms with E-state index in [2.05, 4.69) is 4.98 Å². The fourth-order valence-electron chi connectivity index (χ4n) is 2.78. The molecular weight excluding hydrogens is 310 g/mol. The maximum atomic E-state index is 12.3. The van der Waals surface area contributed by atoms with Crippen LogP contribution < -0.4 is 5.56 Å². The van der Waals surface area contributed by atoms with E-state index in [4.69, 9.17) is 0 Å². The highest BCUT2D eigenvalue weighted by Gasteiger charge is 2.26. The van der Waals surface area contributed by atoms with Gasteiger partial charge in [-0.15, -0.1) is 11.3 Å². The minimum Gasteiger partial charge on any atom is -0.298 e. The van der Waals surface area contributed by atoms with Crippen molar-refractivity contribution in [2.24, 2.45) is 5.92 Å². The Bertz CT molecular complexity index is 809. The van der Waals surface area contributed by atoms with Crippen LogP contribution in [-0.4, -0.2) is 41.6 Å². The molecule has 3 heterocycles. The van der Waals surface area contributed by atoms with Gasteiger partial charge in [-0.3, -0.25) is 9.36 Å². The highest BCUT2D eigenvalue weighted by atomic mass is 32.2. The third-order valence-electron chi connectivity index (χ3n) is 3.86. The topological polar surface area (TPSA) is 72.3 Å². The number of hydrogen-bond acceptors (Lipinski definition) is 5. The lowest BCUT2D eigenvalue weighted by Crippen LogP contribution is -2.41. The predicted molar refractivity (Wildman–Crippen MR) is 83.0 cm³/mol. The zero-order valence-electron chi connectivity index (χ0n) is 11.7. The first kappa shape index (κ1) is 14.7. The molecule has 1 atom stereocenters. The second-order valence-electron chi connectivity index (χ2n) is 5.47. The molecule has 0 bridgehead atoms. The number of hydrogen-bond donors (Lipinski definition) is 0.